The summed E-state index contributed by atoms with van der Waals surface area (Å²) in [6.07, 6.45) is 100. The van der Waals surface area contributed by atoms with E-state index >= 15 is 0 Å². The number of hydrogen-bond donors (Lipinski definition) is 3. The molecule has 0 aliphatic rings. The van der Waals surface area contributed by atoms with E-state index in [1.54, 1.807) is 0 Å². The molecule has 6 heteroatoms. The van der Waals surface area contributed by atoms with Crippen molar-refractivity contribution in [1.29, 1.82) is 0 Å². The lowest BCUT2D eigenvalue weighted by Crippen LogP contribution is -2.45. The summed E-state index contributed by atoms with van der Waals surface area (Å²) in [5.41, 5.74) is 0. The van der Waals surface area contributed by atoms with Crippen molar-refractivity contribution < 1.29 is 24.5 Å². The maximum atomic E-state index is 12.6. The maximum absolute atomic E-state index is 12.6. The van der Waals surface area contributed by atoms with Crippen molar-refractivity contribution in [3.8, 4) is 0 Å². The first kappa shape index (κ1) is 87.6. The van der Waals surface area contributed by atoms with E-state index in [1.807, 2.05) is 0 Å². The van der Waals surface area contributed by atoms with Gasteiger partial charge in [-0.05, 0) is 51.4 Å². The van der Waals surface area contributed by atoms with Gasteiger partial charge in [-0.2, -0.15) is 0 Å². The number of ether oxygens (including phenoxy) is 1. The lowest BCUT2D eigenvalue weighted by Gasteiger charge is -2.22. The first-order chi connectivity index (χ1) is 44.0. The molecule has 0 saturated carbocycles. The number of unbranched alkanes of at least 4 members (excludes halogenated alkanes) is 66. The van der Waals surface area contributed by atoms with E-state index in [9.17, 15) is 19.8 Å². The molecule has 6 nitrogen and oxygen atoms in total. The van der Waals surface area contributed by atoms with E-state index in [2.05, 4.69) is 31.3 Å². The highest BCUT2D eigenvalue weighted by Crippen LogP contribution is 2.21. The number of carbonyl (C=O) groups excluding carboxylic acids is 2. The van der Waals surface area contributed by atoms with Crippen LogP contribution in [0.5, 0.6) is 0 Å². The van der Waals surface area contributed by atoms with Gasteiger partial charge in [0.2, 0.25) is 5.91 Å². The van der Waals surface area contributed by atoms with Crippen LogP contribution >= 0.6 is 0 Å². The first-order valence-electron chi connectivity index (χ1n) is 41.4. The number of allylic oxidation sites excluding steroid dienone is 2. The third-order valence-electron chi connectivity index (χ3n) is 19.8. The number of nitrogens with one attached hydrogen (secondary N) is 1. The van der Waals surface area contributed by atoms with Crippen LogP contribution in [0.15, 0.2) is 12.2 Å². The summed E-state index contributed by atoms with van der Waals surface area (Å²) in [5, 5.41) is 23.5. The molecule has 0 aromatic carbocycles. The highest BCUT2D eigenvalue weighted by atomic mass is 16.5. The van der Waals surface area contributed by atoms with Crippen molar-refractivity contribution in [1.82, 2.24) is 5.32 Å². The maximum Gasteiger partial charge on any atom is 0.305 e. The van der Waals surface area contributed by atoms with Gasteiger partial charge in [0.25, 0.3) is 0 Å². The molecule has 0 fully saturated rings. The predicted octanol–water partition coefficient (Wildman–Crippen LogP) is 27.4. The predicted molar refractivity (Wildman–Crippen MR) is 394 cm³/mol. The summed E-state index contributed by atoms with van der Waals surface area (Å²) < 4.78 is 5.52. The number of rotatable bonds is 79. The van der Waals surface area contributed by atoms with Gasteiger partial charge >= 0.3 is 5.97 Å². The fourth-order valence-corrected chi connectivity index (χ4v) is 13.5. The number of esters is 1. The van der Waals surface area contributed by atoms with Gasteiger partial charge in [0.05, 0.1) is 25.4 Å². The molecule has 0 saturated heterocycles. The monoisotopic (exact) mass is 1250 g/mol. The molecule has 0 spiro atoms. The highest BCUT2D eigenvalue weighted by molar-refractivity contribution is 5.76. The van der Waals surface area contributed by atoms with Gasteiger partial charge in [-0.3, -0.25) is 9.59 Å². The summed E-state index contributed by atoms with van der Waals surface area (Å²) in [6, 6.07) is -0.539. The van der Waals surface area contributed by atoms with E-state index < -0.39 is 12.1 Å². The van der Waals surface area contributed by atoms with Crippen molar-refractivity contribution in [2.75, 3.05) is 13.2 Å². The van der Waals surface area contributed by atoms with Crippen molar-refractivity contribution in [2.24, 2.45) is 0 Å². The summed E-state index contributed by atoms with van der Waals surface area (Å²) in [7, 11) is 0. The van der Waals surface area contributed by atoms with E-state index in [0.29, 0.717) is 25.9 Å². The molecule has 2 unspecified atom stereocenters. The zero-order chi connectivity index (χ0) is 64.2. The number of aliphatic hydroxyl groups is 2. The van der Waals surface area contributed by atoms with Gasteiger partial charge in [-0.1, -0.05) is 431 Å². The van der Waals surface area contributed by atoms with Crippen LogP contribution in [-0.2, 0) is 14.3 Å². The molecular formula is C83H163NO5. The van der Waals surface area contributed by atoms with Crippen molar-refractivity contribution >= 4 is 11.9 Å². The number of hydrogen-bond acceptors (Lipinski definition) is 5. The molecule has 0 bridgehead atoms. The Hall–Kier alpha value is -1.40. The van der Waals surface area contributed by atoms with Crippen molar-refractivity contribution in [3.63, 3.8) is 0 Å². The molecule has 530 valence electrons. The van der Waals surface area contributed by atoms with Gasteiger partial charge in [0, 0.05) is 12.8 Å². The lowest BCUT2D eigenvalue weighted by molar-refractivity contribution is -0.143. The van der Waals surface area contributed by atoms with Crippen LogP contribution in [0.2, 0.25) is 0 Å². The van der Waals surface area contributed by atoms with E-state index in [0.717, 1.165) is 38.5 Å². The second-order valence-electron chi connectivity index (χ2n) is 28.8. The standard InChI is InChI=1S/C83H163NO5/c1-3-5-7-9-11-13-15-17-19-21-23-24-33-36-40-43-47-51-55-59-63-67-71-75-81(86)80(79-85)84-82(87)76-72-68-64-60-56-52-48-44-41-37-34-31-29-27-25-26-28-30-32-35-38-42-46-50-54-58-62-66-70-74-78-89-83(88)77-73-69-65-61-57-53-49-45-39-22-20-18-16-14-12-10-8-6-4-2/h18,20,80-81,85-86H,3-17,19,21-79H2,1-2H3,(H,84,87)/b20-18-. The van der Waals surface area contributed by atoms with Crippen molar-refractivity contribution in [3.05, 3.63) is 12.2 Å². The molecule has 3 N–H and O–H groups in total. The first-order valence-corrected chi connectivity index (χ1v) is 41.4. The topological polar surface area (TPSA) is 95.9 Å². The van der Waals surface area contributed by atoms with Crippen LogP contribution in [0.4, 0.5) is 0 Å². The minimum atomic E-state index is -0.663. The Kier molecular flexibility index (Phi) is 77.8. The Morgan fingerprint density at radius 1 is 0.303 bits per heavy atom. The Balaban J connectivity index is 3.32. The molecule has 89 heavy (non-hydrogen) atoms. The van der Waals surface area contributed by atoms with Gasteiger partial charge < -0.3 is 20.3 Å². The van der Waals surface area contributed by atoms with Gasteiger partial charge in [-0.15, -0.1) is 0 Å². The Morgan fingerprint density at radius 2 is 0.528 bits per heavy atom. The summed E-state index contributed by atoms with van der Waals surface area (Å²) in [6.45, 7) is 5.01. The Labute approximate surface area is 559 Å². The van der Waals surface area contributed by atoms with Crippen LogP contribution in [0.25, 0.3) is 0 Å². The molecule has 0 radical (unpaired) electrons. The number of carbonyl (C=O) groups is 2. The van der Waals surface area contributed by atoms with Crippen LogP contribution < -0.4 is 5.32 Å². The SMILES string of the molecule is CCCCCCCC/C=C\CCCCCCCCCCCC(=O)OCCCCCCCCCCCCCCCCCCCCCCCCCCCCCCCCC(=O)NC(CO)C(O)CCCCCCCCCCCCCCCCCCCCCCCCC. The molecule has 0 aliphatic carbocycles. The van der Waals surface area contributed by atoms with E-state index in [-0.39, 0.29) is 18.5 Å². The molecule has 0 aromatic heterocycles. The second-order valence-corrected chi connectivity index (χ2v) is 28.8. The number of aliphatic hydroxyl groups excluding tert-OH is 2. The van der Waals surface area contributed by atoms with Gasteiger partial charge in [0.1, 0.15) is 0 Å². The van der Waals surface area contributed by atoms with Gasteiger partial charge in [-0.25, -0.2) is 0 Å². The molecule has 2 atom stereocenters. The Morgan fingerprint density at radius 3 is 0.798 bits per heavy atom. The summed E-state index contributed by atoms with van der Waals surface area (Å²) in [4.78, 5) is 24.7. The fourth-order valence-electron chi connectivity index (χ4n) is 13.5. The summed E-state index contributed by atoms with van der Waals surface area (Å²) in [5.74, 6) is -0.00354. The minimum Gasteiger partial charge on any atom is -0.466 e. The fraction of sp³-hybridized carbons (Fsp3) is 0.952. The van der Waals surface area contributed by atoms with Crippen LogP contribution in [0.1, 0.15) is 483 Å². The molecule has 0 aromatic rings. The lowest BCUT2D eigenvalue weighted by atomic mass is 10.0. The quantitative estimate of drug-likeness (QED) is 0.0320. The summed E-state index contributed by atoms with van der Waals surface area (Å²) >= 11 is 0. The zero-order valence-corrected chi connectivity index (χ0v) is 61.0. The molecule has 0 aliphatic heterocycles. The average molecular weight is 1260 g/mol. The smallest absolute Gasteiger partial charge is 0.305 e. The normalized spacial score (nSPS) is 12.4. The molecule has 0 heterocycles. The largest absolute Gasteiger partial charge is 0.466 e. The molecule has 0 rings (SSSR count). The van der Waals surface area contributed by atoms with E-state index in [1.165, 1.54) is 411 Å². The molecular weight excluding hydrogens is 1090 g/mol. The third kappa shape index (κ3) is 75.5. The van der Waals surface area contributed by atoms with E-state index in [4.69, 9.17) is 4.74 Å². The van der Waals surface area contributed by atoms with Gasteiger partial charge in [0.15, 0.2) is 0 Å². The minimum absolute atomic E-state index is 0.0212. The Bertz CT molecular complexity index is 1350. The third-order valence-corrected chi connectivity index (χ3v) is 19.8. The van der Waals surface area contributed by atoms with Crippen molar-refractivity contribution in [2.45, 2.75) is 495 Å². The molecule has 1 amide bonds. The van der Waals surface area contributed by atoms with Crippen LogP contribution in [0.3, 0.4) is 0 Å². The van der Waals surface area contributed by atoms with Crippen LogP contribution in [-0.4, -0.2) is 47.4 Å². The highest BCUT2D eigenvalue weighted by Gasteiger charge is 2.20. The zero-order valence-electron chi connectivity index (χ0n) is 61.0. The second kappa shape index (κ2) is 79.0. The number of amides is 1. The average Bonchev–Trinajstić information content (AvgIpc) is 3.60. The van der Waals surface area contributed by atoms with Crippen LogP contribution in [0, 0.1) is 0 Å².